The second-order valence-electron chi connectivity index (χ2n) is 5.41. The molecule has 7 nitrogen and oxygen atoms in total. The van der Waals surface area contributed by atoms with E-state index in [1.807, 2.05) is 17.5 Å². The average Bonchev–Trinajstić information content (AvgIpc) is 3.26. The molecule has 0 aliphatic rings. The maximum Gasteiger partial charge on any atom is 0.227 e. The van der Waals surface area contributed by atoms with Gasteiger partial charge in [-0.3, -0.25) is 9.59 Å². The minimum Gasteiger partial charge on any atom is -0.339 e. The quantitative estimate of drug-likeness (QED) is 0.689. The van der Waals surface area contributed by atoms with Gasteiger partial charge in [0.2, 0.25) is 23.5 Å². The van der Waals surface area contributed by atoms with Crippen LogP contribution < -0.4 is 10.6 Å². The summed E-state index contributed by atoms with van der Waals surface area (Å²) in [5.41, 5.74) is 0.387. The monoisotopic (exact) mass is 374 g/mol. The van der Waals surface area contributed by atoms with Crippen LogP contribution in [0.2, 0.25) is 0 Å². The molecule has 1 aromatic carbocycles. The minimum atomic E-state index is -0.592. The fourth-order valence-corrected chi connectivity index (χ4v) is 2.85. The van der Waals surface area contributed by atoms with Crippen LogP contribution in [0.5, 0.6) is 0 Å². The number of anilines is 2. The van der Waals surface area contributed by atoms with Gasteiger partial charge < -0.3 is 15.2 Å². The topological polar surface area (TPSA) is 97.1 Å². The predicted octanol–water partition coefficient (Wildman–Crippen LogP) is 3.47. The maximum absolute atomic E-state index is 13.8. The SMILES string of the molecule is CC(=O)Nc1ccc(F)c(NC(=O)CCc2nc(-c3cccs3)no2)c1. The van der Waals surface area contributed by atoms with Crippen LogP contribution in [0.3, 0.4) is 0 Å². The number of halogens is 1. The lowest BCUT2D eigenvalue weighted by molar-refractivity contribution is -0.116. The van der Waals surface area contributed by atoms with Gasteiger partial charge in [0.25, 0.3) is 0 Å². The molecule has 0 saturated heterocycles. The van der Waals surface area contributed by atoms with E-state index in [4.69, 9.17) is 4.52 Å². The number of carbonyl (C=O) groups is 2. The summed E-state index contributed by atoms with van der Waals surface area (Å²) in [6, 6.07) is 7.70. The Labute approximate surface area is 152 Å². The molecule has 0 bridgehead atoms. The van der Waals surface area contributed by atoms with E-state index in [9.17, 15) is 14.0 Å². The lowest BCUT2D eigenvalue weighted by Gasteiger charge is -2.08. The van der Waals surface area contributed by atoms with Crippen molar-refractivity contribution < 1.29 is 18.5 Å². The van der Waals surface area contributed by atoms with Crippen molar-refractivity contribution in [1.29, 1.82) is 0 Å². The van der Waals surface area contributed by atoms with Gasteiger partial charge in [0, 0.05) is 25.5 Å². The van der Waals surface area contributed by atoms with Gasteiger partial charge in [0.15, 0.2) is 0 Å². The van der Waals surface area contributed by atoms with E-state index in [1.165, 1.54) is 36.5 Å². The Morgan fingerprint density at radius 2 is 2.12 bits per heavy atom. The van der Waals surface area contributed by atoms with E-state index in [2.05, 4.69) is 20.8 Å². The summed E-state index contributed by atoms with van der Waals surface area (Å²) < 4.78 is 18.9. The summed E-state index contributed by atoms with van der Waals surface area (Å²) >= 11 is 1.49. The molecule has 0 unspecified atom stereocenters. The van der Waals surface area contributed by atoms with Gasteiger partial charge in [-0.05, 0) is 29.6 Å². The first-order valence-electron chi connectivity index (χ1n) is 7.75. The molecule has 26 heavy (non-hydrogen) atoms. The standard InChI is InChI=1S/C17H15FN4O3S/c1-10(23)19-11-4-5-12(18)13(9-11)20-15(24)6-7-16-21-17(22-25-16)14-3-2-8-26-14/h2-5,8-9H,6-7H2,1H3,(H,19,23)(H,20,24). The number of rotatable bonds is 6. The summed E-state index contributed by atoms with van der Waals surface area (Å²) in [5, 5.41) is 10.8. The second kappa shape index (κ2) is 7.87. The van der Waals surface area contributed by atoms with E-state index in [0.29, 0.717) is 17.4 Å². The van der Waals surface area contributed by atoms with Gasteiger partial charge in [-0.2, -0.15) is 4.98 Å². The number of hydrogen-bond acceptors (Lipinski definition) is 6. The molecule has 3 rings (SSSR count). The molecule has 0 spiro atoms. The average molecular weight is 374 g/mol. The minimum absolute atomic E-state index is 0.00828. The molecule has 2 amide bonds. The van der Waals surface area contributed by atoms with Gasteiger partial charge in [-0.25, -0.2) is 4.39 Å². The van der Waals surface area contributed by atoms with Crippen LogP contribution in [0.1, 0.15) is 19.2 Å². The molecule has 0 fully saturated rings. The van der Waals surface area contributed by atoms with Gasteiger partial charge in [-0.1, -0.05) is 11.2 Å². The fraction of sp³-hybridized carbons (Fsp3) is 0.176. The molecular formula is C17H15FN4O3S. The predicted molar refractivity (Wildman–Crippen MR) is 95.3 cm³/mol. The summed E-state index contributed by atoms with van der Waals surface area (Å²) in [5.74, 6) is -0.475. The van der Waals surface area contributed by atoms with E-state index in [0.717, 1.165) is 4.88 Å². The van der Waals surface area contributed by atoms with Crippen LogP contribution in [0.15, 0.2) is 40.2 Å². The molecule has 0 radical (unpaired) electrons. The molecule has 0 saturated carbocycles. The summed E-state index contributed by atoms with van der Waals surface area (Å²) in [7, 11) is 0. The van der Waals surface area contributed by atoms with Crippen LogP contribution in [0.25, 0.3) is 10.7 Å². The van der Waals surface area contributed by atoms with Crippen LogP contribution in [-0.4, -0.2) is 22.0 Å². The smallest absolute Gasteiger partial charge is 0.227 e. The molecule has 9 heteroatoms. The Kier molecular flexibility index (Phi) is 5.37. The first-order valence-corrected chi connectivity index (χ1v) is 8.62. The third kappa shape index (κ3) is 4.51. The number of nitrogens with one attached hydrogen (secondary N) is 2. The summed E-state index contributed by atoms with van der Waals surface area (Å²) in [6.07, 6.45) is 0.285. The molecule has 2 aromatic heterocycles. The van der Waals surface area contributed by atoms with Crippen molar-refractivity contribution in [3.05, 3.63) is 47.4 Å². The van der Waals surface area contributed by atoms with Gasteiger partial charge in [0.1, 0.15) is 5.82 Å². The fourth-order valence-electron chi connectivity index (χ4n) is 2.20. The molecule has 0 aliphatic carbocycles. The number of carbonyl (C=O) groups excluding carboxylic acids is 2. The Morgan fingerprint density at radius 1 is 1.27 bits per heavy atom. The maximum atomic E-state index is 13.8. The van der Waals surface area contributed by atoms with Crippen LogP contribution in [0.4, 0.5) is 15.8 Å². The van der Waals surface area contributed by atoms with E-state index in [1.54, 1.807) is 0 Å². The van der Waals surface area contributed by atoms with Gasteiger partial charge in [0.05, 0.1) is 10.6 Å². The second-order valence-corrected chi connectivity index (χ2v) is 6.36. The number of aryl methyl sites for hydroxylation is 1. The molecule has 0 atom stereocenters. The van der Waals surface area contributed by atoms with E-state index >= 15 is 0 Å². The van der Waals surface area contributed by atoms with Crippen molar-refractivity contribution >= 4 is 34.5 Å². The third-order valence-corrected chi connectivity index (χ3v) is 4.20. The highest BCUT2D eigenvalue weighted by Crippen LogP contribution is 2.22. The van der Waals surface area contributed by atoms with Crippen molar-refractivity contribution in [1.82, 2.24) is 10.1 Å². The largest absolute Gasteiger partial charge is 0.339 e. The lowest BCUT2D eigenvalue weighted by atomic mass is 10.2. The first kappa shape index (κ1) is 17.7. The number of amides is 2. The highest BCUT2D eigenvalue weighted by atomic mass is 32.1. The zero-order valence-corrected chi connectivity index (χ0v) is 14.6. The summed E-state index contributed by atoms with van der Waals surface area (Å²) in [6.45, 7) is 1.34. The van der Waals surface area contributed by atoms with Crippen molar-refractivity contribution in [3.8, 4) is 10.7 Å². The Hall–Kier alpha value is -3.07. The molecular weight excluding hydrogens is 359 g/mol. The van der Waals surface area contributed by atoms with Crippen molar-refractivity contribution in [2.45, 2.75) is 19.8 Å². The zero-order chi connectivity index (χ0) is 18.5. The third-order valence-electron chi connectivity index (χ3n) is 3.34. The van der Waals surface area contributed by atoms with Crippen LogP contribution in [0, 0.1) is 5.82 Å². The highest BCUT2D eigenvalue weighted by molar-refractivity contribution is 7.13. The van der Waals surface area contributed by atoms with Gasteiger partial charge in [-0.15, -0.1) is 11.3 Å². The van der Waals surface area contributed by atoms with E-state index in [-0.39, 0.29) is 24.4 Å². The molecule has 2 N–H and O–H groups in total. The van der Waals surface area contributed by atoms with Crippen molar-refractivity contribution in [3.63, 3.8) is 0 Å². The first-order chi connectivity index (χ1) is 12.5. The molecule has 134 valence electrons. The van der Waals surface area contributed by atoms with E-state index < -0.39 is 11.7 Å². The highest BCUT2D eigenvalue weighted by Gasteiger charge is 2.13. The summed E-state index contributed by atoms with van der Waals surface area (Å²) in [4.78, 5) is 28.2. The normalized spacial score (nSPS) is 10.5. The van der Waals surface area contributed by atoms with Crippen LogP contribution >= 0.6 is 11.3 Å². The Morgan fingerprint density at radius 3 is 2.85 bits per heavy atom. The zero-order valence-electron chi connectivity index (χ0n) is 13.8. The van der Waals surface area contributed by atoms with Crippen LogP contribution in [-0.2, 0) is 16.0 Å². The molecule has 0 aliphatic heterocycles. The number of benzene rings is 1. The molecule has 2 heterocycles. The number of aromatic nitrogens is 2. The number of nitrogens with zero attached hydrogens (tertiary/aromatic N) is 2. The van der Waals surface area contributed by atoms with Crippen molar-refractivity contribution in [2.75, 3.05) is 10.6 Å². The Bertz CT molecular complexity index is 924. The number of hydrogen-bond donors (Lipinski definition) is 2. The van der Waals surface area contributed by atoms with Gasteiger partial charge >= 0.3 is 0 Å². The Balaban J connectivity index is 1.58. The molecule has 3 aromatic rings. The van der Waals surface area contributed by atoms with Crippen molar-refractivity contribution in [2.24, 2.45) is 0 Å². The lowest BCUT2D eigenvalue weighted by Crippen LogP contribution is -2.14. The number of thiophene rings is 1.